The van der Waals surface area contributed by atoms with Crippen molar-refractivity contribution >= 4 is 12.6 Å². The summed E-state index contributed by atoms with van der Waals surface area (Å²) in [4.78, 5) is 0. The van der Waals surface area contributed by atoms with E-state index in [1.165, 1.54) is 0 Å². The second-order valence-electron chi connectivity index (χ2n) is 3.29. The fraction of sp³-hybridized carbons (Fsp3) is 0.333. The highest BCUT2D eigenvalue weighted by Gasteiger charge is 2.35. The maximum Gasteiger partial charge on any atom is 0.492 e. The summed E-state index contributed by atoms with van der Waals surface area (Å²) in [6.45, 7) is 2.37. The Morgan fingerprint density at radius 1 is 1.62 bits per heavy atom. The fourth-order valence-electron chi connectivity index (χ4n) is 1.80. The Bertz CT molecular complexity index is 329. The lowest BCUT2D eigenvalue weighted by Gasteiger charge is -2.07. The Labute approximate surface area is 77.7 Å². The predicted octanol–water partition coefficient (Wildman–Crippen LogP) is -0.287. The molecule has 0 saturated carbocycles. The average Bonchev–Trinajstić information content (AvgIpc) is 2.44. The molecule has 0 bridgehead atoms. The van der Waals surface area contributed by atoms with Gasteiger partial charge in [-0.05, 0) is 17.9 Å². The van der Waals surface area contributed by atoms with Crippen LogP contribution in [0.2, 0.25) is 0 Å². The van der Waals surface area contributed by atoms with Gasteiger partial charge in [0.1, 0.15) is 0 Å². The largest absolute Gasteiger partial charge is 0.492 e. The van der Waals surface area contributed by atoms with E-state index in [9.17, 15) is 5.02 Å². The highest BCUT2D eigenvalue weighted by atomic mass is 16.5. The first-order valence-electron chi connectivity index (χ1n) is 4.37. The van der Waals surface area contributed by atoms with Crippen molar-refractivity contribution < 1.29 is 9.68 Å². The minimum Gasteiger partial charge on any atom is -0.423 e. The van der Waals surface area contributed by atoms with Gasteiger partial charge in [-0.1, -0.05) is 23.8 Å². The zero-order valence-corrected chi connectivity index (χ0v) is 7.53. The highest BCUT2D eigenvalue weighted by molar-refractivity contribution is 6.62. The first-order chi connectivity index (χ1) is 6.24. The van der Waals surface area contributed by atoms with E-state index in [0.717, 1.165) is 16.6 Å². The molecule has 0 aromatic heterocycles. The molecule has 4 heteroatoms. The molecule has 2 rings (SSSR count). The monoisotopic (exact) mass is 177 g/mol. The third-order valence-electron chi connectivity index (χ3n) is 2.46. The number of fused-ring (bicyclic) bond motifs is 1. The number of benzene rings is 1. The van der Waals surface area contributed by atoms with Crippen LogP contribution < -0.4 is 11.2 Å². The van der Waals surface area contributed by atoms with Crippen LogP contribution in [0.4, 0.5) is 0 Å². The first kappa shape index (κ1) is 8.75. The van der Waals surface area contributed by atoms with Gasteiger partial charge in [-0.15, -0.1) is 0 Å². The van der Waals surface area contributed by atoms with E-state index in [1.54, 1.807) is 0 Å². The van der Waals surface area contributed by atoms with Crippen molar-refractivity contribution in [2.24, 2.45) is 5.73 Å². The van der Waals surface area contributed by atoms with Crippen molar-refractivity contribution in [1.29, 1.82) is 0 Å². The molecule has 1 aliphatic rings. The normalized spacial score (nSPS) is 20.5. The van der Waals surface area contributed by atoms with E-state index in [1.807, 2.05) is 25.1 Å². The van der Waals surface area contributed by atoms with Gasteiger partial charge in [0, 0.05) is 6.54 Å². The number of hydrogen-bond acceptors (Lipinski definition) is 3. The first-order valence-corrected chi connectivity index (χ1v) is 4.37. The van der Waals surface area contributed by atoms with Crippen LogP contribution in [0.15, 0.2) is 18.2 Å². The van der Waals surface area contributed by atoms with Crippen LogP contribution in [0, 0.1) is 6.92 Å². The molecule has 1 atom stereocenters. The molecule has 0 aliphatic carbocycles. The van der Waals surface area contributed by atoms with Crippen molar-refractivity contribution in [3.63, 3.8) is 0 Å². The molecular formula is C9H12BNO2. The zero-order chi connectivity index (χ0) is 9.42. The third-order valence-corrected chi connectivity index (χ3v) is 2.46. The molecule has 1 aromatic carbocycles. The van der Waals surface area contributed by atoms with Crippen molar-refractivity contribution in [2.75, 3.05) is 6.54 Å². The molecular weight excluding hydrogens is 165 g/mol. The van der Waals surface area contributed by atoms with E-state index >= 15 is 0 Å². The Morgan fingerprint density at radius 2 is 2.38 bits per heavy atom. The maximum atomic E-state index is 9.59. The zero-order valence-electron chi connectivity index (χ0n) is 7.53. The SMILES string of the molecule is Cc1cccc2c1B(O)O[C@H]2CN. The van der Waals surface area contributed by atoms with Gasteiger partial charge in [0.25, 0.3) is 0 Å². The summed E-state index contributed by atoms with van der Waals surface area (Å²) < 4.78 is 5.29. The van der Waals surface area contributed by atoms with Crippen LogP contribution in [0.3, 0.4) is 0 Å². The molecule has 0 amide bonds. The van der Waals surface area contributed by atoms with Crippen LogP contribution >= 0.6 is 0 Å². The van der Waals surface area contributed by atoms with E-state index in [0.29, 0.717) is 6.54 Å². The lowest BCUT2D eigenvalue weighted by molar-refractivity contribution is 0.198. The standard InChI is InChI=1S/C9H12BNO2/c1-6-3-2-4-7-8(5-11)13-10(12)9(6)7/h2-4,8,12H,5,11H2,1H3/t8-/m0/s1. The van der Waals surface area contributed by atoms with Gasteiger partial charge in [0.05, 0.1) is 6.10 Å². The molecule has 0 unspecified atom stereocenters. The number of nitrogens with two attached hydrogens (primary N) is 1. The van der Waals surface area contributed by atoms with Crippen molar-refractivity contribution in [3.8, 4) is 0 Å². The van der Waals surface area contributed by atoms with Crippen molar-refractivity contribution in [1.82, 2.24) is 0 Å². The predicted molar refractivity (Wildman–Crippen MR) is 51.7 cm³/mol. The Kier molecular flexibility index (Phi) is 2.11. The maximum absolute atomic E-state index is 9.59. The number of aryl methyl sites for hydroxylation is 1. The molecule has 68 valence electrons. The molecule has 13 heavy (non-hydrogen) atoms. The minimum atomic E-state index is -0.801. The smallest absolute Gasteiger partial charge is 0.423 e. The lowest BCUT2D eigenvalue weighted by Crippen LogP contribution is -2.30. The minimum absolute atomic E-state index is 0.148. The summed E-state index contributed by atoms with van der Waals surface area (Å²) >= 11 is 0. The summed E-state index contributed by atoms with van der Waals surface area (Å²) in [5.41, 5.74) is 8.49. The van der Waals surface area contributed by atoms with Gasteiger partial charge in [-0.25, -0.2) is 0 Å². The Morgan fingerprint density at radius 3 is 3.08 bits per heavy atom. The second kappa shape index (κ2) is 3.14. The molecule has 0 spiro atoms. The van der Waals surface area contributed by atoms with Crippen LogP contribution in [0.5, 0.6) is 0 Å². The van der Waals surface area contributed by atoms with Gasteiger partial charge in [0.15, 0.2) is 0 Å². The van der Waals surface area contributed by atoms with Gasteiger partial charge in [-0.3, -0.25) is 0 Å². The topological polar surface area (TPSA) is 55.5 Å². The van der Waals surface area contributed by atoms with E-state index in [-0.39, 0.29) is 6.10 Å². The third kappa shape index (κ3) is 1.27. The molecule has 1 aromatic rings. The van der Waals surface area contributed by atoms with Crippen LogP contribution in [-0.4, -0.2) is 18.7 Å². The van der Waals surface area contributed by atoms with E-state index < -0.39 is 7.12 Å². The summed E-state index contributed by atoms with van der Waals surface area (Å²) in [7, 11) is -0.801. The summed E-state index contributed by atoms with van der Waals surface area (Å²) in [5.74, 6) is 0. The van der Waals surface area contributed by atoms with Gasteiger partial charge >= 0.3 is 7.12 Å². The summed E-state index contributed by atoms with van der Waals surface area (Å²) in [6.07, 6.45) is -0.148. The molecule has 3 N–H and O–H groups in total. The number of hydrogen-bond donors (Lipinski definition) is 2. The molecule has 0 saturated heterocycles. The number of rotatable bonds is 1. The molecule has 0 radical (unpaired) electrons. The molecule has 0 fully saturated rings. The van der Waals surface area contributed by atoms with Gasteiger partial charge in [0.2, 0.25) is 0 Å². The molecule has 1 heterocycles. The van der Waals surface area contributed by atoms with Crippen molar-refractivity contribution in [2.45, 2.75) is 13.0 Å². The summed E-state index contributed by atoms with van der Waals surface area (Å²) in [6, 6.07) is 5.87. The molecule has 1 aliphatic heterocycles. The van der Waals surface area contributed by atoms with E-state index in [2.05, 4.69) is 0 Å². The highest BCUT2D eigenvalue weighted by Crippen LogP contribution is 2.23. The van der Waals surface area contributed by atoms with Crippen LogP contribution in [0.25, 0.3) is 0 Å². The fourth-order valence-corrected chi connectivity index (χ4v) is 1.80. The van der Waals surface area contributed by atoms with Crippen LogP contribution in [0.1, 0.15) is 17.2 Å². The van der Waals surface area contributed by atoms with Gasteiger partial charge in [-0.2, -0.15) is 0 Å². The summed E-state index contributed by atoms with van der Waals surface area (Å²) in [5, 5.41) is 9.59. The average molecular weight is 177 g/mol. The van der Waals surface area contributed by atoms with Crippen LogP contribution in [-0.2, 0) is 4.65 Å². The van der Waals surface area contributed by atoms with Crippen molar-refractivity contribution in [3.05, 3.63) is 29.3 Å². The quantitative estimate of drug-likeness (QED) is 0.579. The Hall–Kier alpha value is -0.835. The second-order valence-corrected chi connectivity index (χ2v) is 3.29. The van der Waals surface area contributed by atoms with E-state index in [4.69, 9.17) is 10.4 Å². The molecule has 3 nitrogen and oxygen atoms in total. The Balaban J connectivity index is 2.51. The lowest BCUT2D eigenvalue weighted by atomic mass is 9.76. The van der Waals surface area contributed by atoms with Gasteiger partial charge < -0.3 is 15.4 Å².